The molecule has 1 N–H and O–H groups in total. The van der Waals surface area contributed by atoms with Crippen LogP contribution < -0.4 is 10.2 Å². The zero-order valence-electron chi connectivity index (χ0n) is 12.7. The maximum atomic E-state index is 4.68. The predicted octanol–water partition coefficient (Wildman–Crippen LogP) is 3.52. The molecule has 0 spiro atoms. The lowest BCUT2D eigenvalue weighted by Gasteiger charge is -2.32. The van der Waals surface area contributed by atoms with Crippen molar-refractivity contribution in [3.63, 3.8) is 0 Å². The van der Waals surface area contributed by atoms with Crippen molar-refractivity contribution >= 4 is 5.82 Å². The van der Waals surface area contributed by atoms with Gasteiger partial charge in [-0.05, 0) is 58.7 Å². The second kappa shape index (κ2) is 6.38. The van der Waals surface area contributed by atoms with Crippen LogP contribution in [0.15, 0.2) is 18.3 Å². The molecule has 0 saturated carbocycles. The van der Waals surface area contributed by atoms with Crippen LogP contribution in [0.2, 0.25) is 0 Å². The molecule has 1 saturated heterocycles. The zero-order valence-corrected chi connectivity index (χ0v) is 12.7. The molecule has 0 unspecified atom stereocenters. The second-order valence-corrected chi connectivity index (χ2v) is 6.05. The van der Waals surface area contributed by atoms with Crippen molar-refractivity contribution in [2.75, 3.05) is 11.4 Å². The van der Waals surface area contributed by atoms with Crippen molar-refractivity contribution < 1.29 is 0 Å². The van der Waals surface area contributed by atoms with Crippen LogP contribution >= 0.6 is 0 Å². The Morgan fingerprint density at radius 3 is 2.37 bits per heavy atom. The van der Waals surface area contributed by atoms with Crippen LogP contribution in [0.3, 0.4) is 0 Å². The monoisotopic (exact) mass is 261 g/mol. The third-order valence-corrected chi connectivity index (χ3v) is 3.86. The van der Waals surface area contributed by atoms with Gasteiger partial charge in [0.25, 0.3) is 0 Å². The van der Waals surface area contributed by atoms with Crippen LogP contribution in [0.1, 0.15) is 58.6 Å². The minimum Gasteiger partial charge on any atom is -0.352 e. The molecule has 1 aliphatic heterocycles. The van der Waals surface area contributed by atoms with Gasteiger partial charge in [-0.3, -0.25) is 0 Å². The van der Waals surface area contributed by atoms with Gasteiger partial charge in [-0.1, -0.05) is 12.5 Å². The minimum absolute atomic E-state index is 0.478. The van der Waals surface area contributed by atoms with E-state index in [0.717, 1.165) is 12.4 Å². The van der Waals surface area contributed by atoms with Gasteiger partial charge in [0.05, 0.1) is 0 Å². The highest BCUT2D eigenvalue weighted by Gasteiger charge is 2.18. The Morgan fingerprint density at radius 1 is 1.16 bits per heavy atom. The number of aromatic nitrogens is 1. The van der Waals surface area contributed by atoms with Gasteiger partial charge < -0.3 is 10.2 Å². The maximum Gasteiger partial charge on any atom is 0.128 e. The molecule has 0 radical (unpaired) electrons. The SMILES string of the molecule is CC(C)N(c1ccc([C@H]2CCCCN2)cn1)C(C)C. The summed E-state index contributed by atoms with van der Waals surface area (Å²) in [4.78, 5) is 7.04. The maximum absolute atomic E-state index is 4.68. The molecule has 0 bridgehead atoms. The van der Waals surface area contributed by atoms with Gasteiger partial charge >= 0.3 is 0 Å². The first-order valence-corrected chi connectivity index (χ1v) is 7.57. The summed E-state index contributed by atoms with van der Waals surface area (Å²) in [6, 6.07) is 5.87. The Morgan fingerprint density at radius 2 is 1.89 bits per heavy atom. The van der Waals surface area contributed by atoms with Crippen LogP contribution in [-0.4, -0.2) is 23.6 Å². The fourth-order valence-electron chi connectivity index (χ4n) is 3.02. The molecule has 19 heavy (non-hydrogen) atoms. The predicted molar refractivity (Wildman–Crippen MR) is 81.6 cm³/mol. The van der Waals surface area contributed by atoms with Gasteiger partial charge in [-0.2, -0.15) is 0 Å². The molecule has 3 nitrogen and oxygen atoms in total. The van der Waals surface area contributed by atoms with Crippen molar-refractivity contribution in [1.29, 1.82) is 0 Å². The lowest BCUT2D eigenvalue weighted by Crippen LogP contribution is -2.37. The summed E-state index contributed by atoms with van der Waals surface area (Å²) < 4.78 is 0. The van der Waals surface area contributed by atoms with Crippen LogP contribution in [0.25, 0.3) is 0 Å². The first-order valence-electron chi connectivity index (χ1n) is 7.57. The van der Waals surface area contributed by atoms with E-state index in [1.54, 1.807) is 0 Å². The van der Waals surface area contributed by atoms with E-state index in [1.165, 1.54) is 24.8 Å². The molecule has 0 aliphatic carbocycles. The van der Waals surface area contributed by atoms with Crippen LogP contribution in [-0.2, 0) is 0 Å². The number of piperidine rings is 1. The molecule has 2 heterocycles. The number of rotatable bonds is 4. The summed E-state index contributed by atoms with van der Waals surface area (Å²) in [5.74, 6) is 1.09. The van der Waals surface area contributed by atoms with Gasteiger partial charge in [0.1, 0.15) is 5.82 Å². The summed E-state index contributed by atoms with van der Waals surface area (Å²) >= 11 is 0. The van der Waals surface area contributed by atoms with Crippen molar-refractivity contribution in [3.8, 4) is 0 Å². The topological polar surface area (TPSA) is 28.2 Å². The van der Waals surface area contributed by atoms with Crippen LogP contribution in [0, 0.1) is 0 Å². The quantitative estimate of drug-likeness (QED) is 0.899. The molecular formula is C16H27N3. The first-order chi connectivity index (χ1) is 9.09. The summed E-state index contributed by atoms with van der Waals surface area (Å²) in [7, 11) is 0. The Kier molecular flexibility index (Phi) is 4.81. The van der Waals surface area contributed by atoms with Gasteiger partial charge in [0.15, 0.2) is 0 Å². The number of pyridine rings is 1. The normalized spacial score (nSPS) is 20.0. The molecule has 0 aromatic carbocycles. The van der Waals surface area contributed by atoms with Gasteiger partial charge in [0, 0.05) is 24.3 Å². The molecule has 1 fully saturated rings. The second-order valence-electron chi connectivity index (χ2n) is 6.05. The molecular weight excluding hydrogens is 234 g/mol. The molecule has 0 amide bonds. The van der Waals surface area contributed by atoms with Crippen molar-refractivity contribution in [2.24, 2.45) is 0 Å². The summed E-state index contributed by atoms with van der Waals surface area (Å²) in [5, 5.41) is 3.58. The van der Waals surface area contributed by atoms with Gasteiger partial charge in [0.2, 0.25) is 0 Å². The highest BCUT2D eigenvalue weighted by atomic mass is 15.2. The standard InChI is InChI=1S/C16H27N3/c1-12(2)19(13(3)4)16-9-8-14(11-18-16)15-7-5-6-10-17-15/h8-9,11-13,15,17H,5-7,10H2,1-4H3/t15-/m1/s1. The number of anilines is 1. The Hall–Kier alpha value is -1.09. The Labute approximate surface area is 117 Å². The molecule has 106 valence electrons. The summed E-state index contributed by atoms with van der Waals surface area (Å²) in [6.07, 6.45) is 5.91. The van der Waals surface area contributed by atoms with E-state index in [-0.39, 0.29) is 0 Å². The molecule has 1 atom stereocenters. The van der Waals surface area contributed by atoms with Gasteiger partial charge in [-0.25, -0.2) is 4.98 Å². The van der Waals surface area contributed by atoms with E-state index in [9.17, 15) is 0 Å². The average molecular weight is 261 g/mol. The number of hydrogen-bond donors (Lipinski definition) is 1. The highest BCUT2D eigenvalue weighted by Crippen LogP contribution is 2.24. The molecule has 1 aromatic rings. The fraction of sp³-hybridized carbons (Fsp3) is 0.688. The van der Waals surface area contributed by atoms with E-state index >= 15 is 0 Å². The smallest absolute Gasteiger partial charge is 0.128 e. The Bertz CT molecular complexity index is 369. The zero-order chi connectivity index (χ0) is 13.8. The Balaban J connectivity index is 2.12. The fourth-order valence-corrected chi connectivity index (χ4v) is 3.02. The van der Waals surface area contributed by atoms with Crippen molar-refractivity contribution in [2.45, 2.75) is 65.1 Å². The number of nitrogens with one attached hydrogen (secondary N) is 1. The third-order valence-electron chi connectivity index (χ3n) is 3.86. The van der Waals surface area contributed by atoms with Crippen LogP contribution in [0.4, 0.5) is 5.82 Å². The summed E-state index contributed by atoms with van der Waals surface area (Å²) in [6.45, 7) is 10.0. The average Bonchev–Trinajstić information content (AvgIpc) is 2.40. The molecule has 1 aliphatic rings. The van der Waals surface area contributed by atoms with Crippen LogP contribution in [0.5, 0.6) is 0 Å². The van der Waals surface area contributed by atoms with E-state index in [1.807, 2.05) is 0 Å². The highest BCUT2D eigenvalue weighted by molar-refractivity contribution is 5.41. The molecule has 3 heteroatoms. The minimum atomic E-state index is 0.478. The van der Waals surface area contributed by atoms with E-state index in [0.29, 0.717) is 18.1 Å². The lowest BCUT2D eigenvalue weighted by molar-refractivity contribution is 0.411. The molecule has 1 aromatic heterocycles. The van der Waals surface area contributed by atoms with E-state index < -0.39 is 0 Å². The number of nitrogens with zero attached hydrogens (tertiary/aromatic N) is 2. The van der Waals surface area contributed by atoms with Crippen molar-refractivity contribution in [3.05, 3.63) is 23.9 Å². The largest absolute Gasteiger partial charge is 0.352 e. The molecule has 2 rings (SSSR count). The van der Waals surface area contributed by atoms with E-state index in [4.69, 9.17) is 0 Å². The van der Waals surface area contributed by atoms with Gasteiger partial charge in [-0.15, -0.1) is 0 Å². The lowest BCUT2D eigenvalue weighted by atomic mass is 9.99. The van der Waals surface area contributed by atoms with Crippen molar-refractivity contribution in [1.82, 2.24) is 10.3 Å². The first kappa shape index (κ1) is 14.3. The van der Waals surface area contributed by atoms with E-state index in [2.05, 4.69) is 61.2 Å². The third kappa shape index (κ3) is 3.47. The number of hydrogen-bond acceptors (Lipinski definition) is 3. The summed E-state index contributed by atoms with van der Waals surface area (Å²) in [5.41, 5.74) is 1.33.